The lowest BCUT2D eigenvalue weighted by Gasteiger charge is -2.43. The van der Waals surface area contributed by atoms with Crippen molar-refractivity contribution in [1.82, 2.24) is 0 Å². The Balaban J connectivity index is 1.49. The Kier molecular flexibility index (Phi) is 6.52. The molecule has 162 valence electrons. The minimum absolute atomic E-state index is 0.0575. The summed E-state index contributed by atoms with van der Waals surface area (Å²) in [6.07, 6.45) is -4.86. The van der Waals surface area contributed by atoms with Crippen molar-refractivity contribution in [3.63, 3.8) is 0 Å². The van der Waals surface area contributed by atoms with Crippen molar-refractivity contribution >= 4 is 0 Å². The summed E-state index contributed by atoms with van der Waals surface area (Å²) in [7, 11) is 3.19. The molecule has 0 radical (unpaired) electrons. The van der Waals surface area contributed by atoms with Gasteiger partial charge in [-0.2, -0.15) is 0 Å². The second kappa shape index (κ2) is 9.30. The van der Waals surface area contributed by atoms with Crippen LogP contribution in [0.2, 0.25) is 0 Å². The highest BCUT2D eigenvalue weighted by atomic mass is 16.7. The number of rotatable bonds is 5. The molecule has 30 heavy (non-hydrogen) atoms. The SMILES string of the molecule is COc1ccc(C2OC[C@@H](O)C([C@@H]3OC(c4ccc(OC)cc4)OC[C@H]3O)O2)cc1. The maximum atomic E-state index is 10.5. The van der Waals surface area contributed by atoms with Crippen LogP contribution in [0.15, 0.2) is 48.5 Å². The minimum Gasteiger partial charge on any atom is -0.497 e. The topological polar surface area (TPSA) is 95.8 Å². The Morgan fingerprint density at radius 3 is 1.37 bits per heavy atom. The summed E-state index contributed by atoms with van der Waals surface area (Å²) < 4.78 is 33.7. The molecule has 2 aliphatic heterocycles. The van der Waals surface area contributed by atoms with E-state index in [0.717, 1.165) is 22.6 Å². The van der Waals surface area contributed by atoms with Gasteiger partial charge in [-0.15, -0.1) is 0 Å². The van der Waals surface area contributed by atoms with Gasteiger partial charge in [-0.25, -0.2) is 0 Å². The van der Waals surface area contributed by atoms with Gasteiger partial charge in [0.05, 0.1) is 27.4 Å². The molecule has 0 spiro atoms. The number of methoxy groups -OCH3 is 2. The number of aliphatic hydroxyl groups is 2. The van der Waals surface area contributed by atoms with E-state index in [9.17, 15) is 10.2 Å². The van der Waals surface area contributed by atoms with Crippen molar-refractivity contribution in [2.24, 2.45) is 0 Å². The zero-order valence-electron chi connectivity index (χ0n) is 16.8. The van der Waals surface area contributed by atoms with Crippen LogP contribution in [0.3, 0.4) is 0 Å². The highest BCUT2D eigenvalue weighted by molar-refractivity contribution is 5.29. The van der Waals surface area contributed by atoms with Crippen LogP contribution in [0.25, 0.3) is 0 Å². The lowest BCUT2D eigenvalue weighted by Crippen LogP contribution is -2.55. The third-order valence-corrected chi connectivity index (χ3v) is 5.26. The largest absolute Gasteiger partial charge is 0.497 e. The van der Waals surface area contributed by atoms with Crippen molar-refractivity contribution in [1.29, 1.82) is 0 Å². The summed E-state index contributed by atoms with van der Waals surface area (Å²) in [4.78, 5) is 0. The van der Waals surface area contributed by atoms with Gasteiger partial charge in [-0.1, -0.05) is 24.3 Å². The second-order valence-corrected chi connectivity index (χ2v) is 7.21. The Morgan fingerprint density at radius 2 is 1.03 bits per heavy atom. The van der Waals surface area contributed by atoms with Gasteiger partial charge < -0.3 is 38.6 Å². The molecule has 6 atom stereocenters. The van der Waals surface area contributed by atoms with Crippen molar-refractivity contribution in [3.05, 3.63) is 59.7 Å². The molecule has 2 aromatic rings. The standard InChI is InChI=1S/C22H26O8/c1-25-15-7-3-13(4-8-15)21-27-11-17(23)19(29-21)20-18(24)12-28-22(30-20)14-5-9-16(26-2)10-6-14/h3-10,17-24H,11-12H2,1-2H3/t17-,18-,19-,20?,21?,22?/m1/s1. The summed E-state index contributed by atoms with van der Waals surface area (Å²) in [5.74, 6) is 1.44. The number of benzene rings is 2. The molecule has 8 nitrogen and oxygen atoms in total. The monoisotopic (exact) mass is 418 g/mol. The average Bonchev–Trinajstić information content (AvgIpc) is 2.80. The molecule has 0 aromatic heterocycles. The first kappa shape index (κ1) is 21.0. The quantitative estimate of drug-likeness (QED) is 0.761. The van der Waals surface area contributed by atoms with Gasteiger partial charge in [0.2, 0.25) is 0 Å². The van der Waals surface area contributed by atoms with Gasteiger partial charge >= 0.3 is 0 Å². The molecule has 4 rings (SSSR count). The number of hydrogen-bond acceptors (Lipinski definition) is 8. The minimum atomic E-state index is -0.950. The van der Waals surface area contributed by atoms with E-state index in [0.29, 0.717) is 0 Å². The molecule has 2 heterocycles. The summed E-state index contributed by atoms with van der Waals surface area (Å²) in [5.41, 5.74) is 1.56. The lowest BCUT2D eigenvalue weighted by atomic mass is 10.0. The van der Waals surface area contributed by atoms with E-state index in [1.165, 1.54) is 0 Å². The van der Waals surface area contributed by atoms with Gasteiger partial charge in [0.1, 0.15) is 35.9 Å². The van der Waals surface area contributed by atoms with E-state index in [-0.39, 0.29) is 13.2 Å². The first-order chi connectivity index (χ1) is 14.6. The van der Waals surface area contributed by atoms with E-state index in [2.05, 4.69) is 0 Å². The summed E-state index contributed by atoms with van der Waals surface area (Å²) >= 11 is 0. The van der Waals surface area contributed by atoms with Gasteiger partial charge in [0, 0.05) is 11.1 Å². The molecule has 0 saturated carbocycles. The fourth-order valence-electron chi connectivity index (χ4n) is 3.57. The molecule has 8 heteroatoms. The van der Waals surface area contributed by atoms with Crippen LogP contribution in [0.4, 0.5) is 0 Å². The Hall–Kier alpha value is -2.20. The molecular weight excluding hydrogens is 392 g/mol. The van der Waals surface area contributed by atoms with Crippen LogP contribution < -0.4 is 9.47 Å². The van der Waals surface area contributed by atoms with Crippen LogP contribution >= 0.6 is 0 Å². The van der Waals surface area contributed by atoms with Crippen molar-refractivity contribution in [3.8, 4) is 11.5 Å². The Morgan fingerprint density at radius 1 is 0.667 bits per heavy atom. The molecule has 2 aliphatic rings. The van der Waals surface area contributed by atoms with Crippen LogP contribution in [-0.4, -0.2) is 62.1 Å². The third-order valence-electron chi connectivity index (χ3n) is 5.26. The summed E-state index contributed by atoms with van der Waals surface area (Å²) in [6, 6.07) is 14.6. The van der Waals surface area contributed by atoms with Crippen molar-refractivity contribution < 1.29 is 38.6 Å². The Bertz CT molecular complexity index is 739. The smallest absolute Gasteiger partial charge is 0.184 e. The molecule has 2 N–H and O–H groups in total. The molecule has 2 aromatic carbocycles. The van der Waals surface area contributed by atoms with Crippen LogP contribution in [0, 0.1) is 0 Å². The zero-order chi connectivity index (χ0) is 21.1. The number of hydrogen-bond donors (Lipinski definition) is 2. The third kappa shape index (κ3) is 4.44. The molecular formula is C22H26O8. The summed E-state index contributed by atoms with van der Waals surface area (Å²) in [5, 5.41) is 21.0. The van der Waals surface area contributed by atoms with Gasteiger partial charge in [-0.3, -0.25) is 0 Å². The van der Waals surface area contributed by atoms with E-state index < -0.39 is 37.0 Å². The molecule has 3 unspecified atom stereocenters. The first-order valence-electron chi connectivity index (χ1n) is 9.77. The molecule has 2 saturated heterocycles. The molecule has 2 fully saturated rings. The predicted molar refractivity (Wildman–Crippen MR) is 105 cm³/mol. The maximum Gasteiger partial charge on any atom is 0.184 e. The predicted octanol–water partition coefficient (Wildman–Crippen LogP) is 1.95. The Labute approximate surface area is 174 Å². The van der Waals surface area contributed by atoms with E-state index in [4.69, 9.17) is 28.4 Å². The van der Waals surface area contributed by atoms with Gasteiger partial charge in [0.15, 0.2) is 12.6 Å². The van der Waals surface area contributed by atoms with Gasteiger partial charge in [-0.05, 0) is 24.3 Å². The fraction of sp³-hybridized carbons (Fsp3) is 0.455. The van der Waals surface area contributed by atoms with Crippen molar-refractivity contribution in [2.75, 3.05) is 27.4 Å². The zero-order valence-corrected chi connectivity index (χ0v) is 16.8. The number of ether oxygens (including phenoxy) is 6. The average molecular weight is 418 g/mol. The number of aliphatic hydroxyl groups excluding tert-OH is 2. The second-order valence-electron chi connectivity index (χ2n) is 7.21. The van der Waals surface area contributed by atoms with Crippen LogP contribution in [-0.2, 0) is 18.9 Å². The van der Waals surface area contributed by atoms with E-state index >= 15 is 0 Å². The first-order valence-corrected chi connectivity index (χ1v) is 9.77. The lowest BCUT2D eigenvalue weighted by molar-refractivity contribution is -0.331. The maximum absolute atomic E-state index is 10.5. The molecule has 0 amide bonds. The van der Waals surface area contributed by atoms with Crippen LogP contribution in [0.1, 0.15) is 23.7 Å². The fourth-order valence-corrected chi connectivity index (χ4v) is 3.57. The van der Waals surface area contributed by atoms with E-state index in [1.54, 1.807) is 14.2 Å². The highest BCUT2D eigenvalue weighted by Gasteiger charge is 2.44. The van der Waals surface area contributed by atoms with E-state index in [1.807, 2.05) is 48.5 Å². The van der Waals surface area contributed by atoms with Gasteiger partial charge in [0.25, 0.3) is 0 Å². The highest BCUT2D eigenvalue weighted by Crippen LogP contribution is 2.35. The molecule has 0 bridgehead atoms. The van der Waals surface area contributed by atoms with Crippen LogP contribution in [0.5, 0.6) is 11.5 Å². The normalized spacial score (nSPS) is 31.9. The summed E-state index contributed by atoms with van der Waals surface area (Å²) in [6.45, 7) is 0.115. The van der Waals surface area contributed by atoms with Crippen molar-refractivity contribution in [2.45, 2.75) is 37.0 Å². The molecule has 0 aliphatic carbocycles.